The van der Waals surface area contributed by atoms with E-state index in [1.165, 1.54) is 12.1 Å². The van der Waals surface area contributed by atoms with E-state index < -0.39 is 0 Å². The van der Waals surface area contributed by atoms with Crippen LogP contribution in [0.2, 0.25) is 0 Å². The van der Waals surface area contributed by atoms with E-state index in [4.69, 9.17) is 4.74 Å². The molecule has 0 aromatic heterocycles. The lowest BCUT2D eigenvalue weighted by Gasteiger charge is -2.27. The smallest absolute Gasteiger partial charge is 0.246 e. The molecular formula is C21H25FN2O2. The van der Waals surface area contributed by atoms with Crippen LogP contribution in [0.15, 0.2) is 54.6 Å². The largest absolute Gasteiger partial charge is 0.381 e. The summed E-state index contributed by atoms with van der Waals surface area (Å²) in [6.45, 7) is 5.12. The van der Waals surface area contributed by atoms with Crippen molar-refractivity contribution in [1.82, 2.24) is 4.90 Å². The summed E-state index contributed by atoms with van der Waals surface area (Å²) >= 11 is 0. The van der Waals surface area contributed by atoms with Gasteiger partial charge in [0.25, 0.3) is 0 Å². The minimum absolute atomic E-state index is 0.0973. The van der Waals surface area contributed by atoms with Crippen molar-refractivity contribution < 1.29 is 13.9 Å². The van der Waals surface area contributed by atoms with Crippen LogP contribution in [0.3, 0.4) is 0 Å². The molecule has 4 nitrogen and oxygen atoms in total. The molecule has 3 rings (SSSR count). The Hall–Kier alpha value is -2.24. The molecule has 1 N–H and O–H groups in total. The van der Waals surface area contributed by atoms with Crippen LogP contribution in [0.4, 0.5) is 10.1 Å². The fraction of sp³-hybridized carbons (Fsp3) is 0.381. The topological polar surface area (TPSA) is 41.6 Å². The highest BCUT2D eigenvalue weighted by molar-refractivity contribution is 5.95. The van der Waals surface area contributed by atoms with Gasteiger partial charge in [-0.1, -0.05) is 30.3 Å². The number of rotatable bonds is 7. The summed E-state index contributed by atoms with van der Waals surface area (Å²) in [4.78, 5) is 15.2. The number of nitrogens with zero attached hydrogens (tertiary/aromatic N) is 1. The van der Waals surface area contributed by atoms with Crippen LogP contribution in [0.25, 0.3) is 0 Å². The van der Waals surface area contributed by atoms with Gasteiger partial charge in [-0.2, -0.15) is 0 Å². The fourth-order valence-corrected chi connectivity index (χ4v) is 3.42. The Labute approximate surface area is 154 Å². The maximum Gasteiger partial charge on any atom is 0.246 e. The monoisotopic (exact) mass is 356 g/mol. The predicted octanol–water partition coefficient (Wildman–Crippen LogP) is 3.86. The van der Waals surface area contributed by atoms with Gasteiger partial charge < -0.3 is 10.1 Å². The van der Waals surface area contributed by atoms with E-state index >= 15 is 0 Å². The van der Waals surface area contributed by atoms with E-state index in [9.17, 15) is 9.18 Å². The molecule has 2 atom stereocenters. The first-order chi connectivity index (χ1) is 12.7. The number of hydrogen-bond acceptors (Lipinski definition) is 3. The number of benzene rings is 2. The maximum atomic E-state index is 13.1. The number of halogens is 1. The molecule has 0 spiro atoms. The average molecular weight is 356 g/mol. The number of ether oxygens (including phenoxy) is 1. The highest BCUT2D eigenvalue weighted by Crippen LogP contribution is 2.29. The number of anilines is 1. The highest BCUT2D eigenvalue weighted by Gasteiger charge is 2.33. The summed E-state index contributed by atoms with van der Waals surface area (Å²) in [6, 6.07) is 15.3. The minimum atomic E-state index is -0.368. The zero-order valence-corrected chi connectivity index (χ0v) is 15.0. The minimum Gasteiger partial charge on any atom is -0.381 e. The molecule has 0 unspecified atom stereocenters. The van der Waals surface area contributed by atoms with Gasteiger partial charge in [0.1, 0.15) is 11.9 Å². The Bertz CT molecular complexity index is 706. The van der Waals surface area contributed by atoms with Crippen LogP contribution in [-0.4, -0.2) is 37.1 Å². The zero-order chi connectivity index (χ0) is 18.4. The Morgan fingerprint density at radius 1 is 1.23 bits per heavy atom. The van der Waals surface area contributed by atoms with Crippen LogP contribution in [-0.2, 0) is 9.53 Å². The SMILES string of the molecule is CCOC[C@H]1CCN([C@@H](C(=O)Nc2ccc(F)cc2)c2ccccc2)C1. The van der Waals surface area contributed by atoms with Crippen LogP contribution >= 0.6 is 0 Å². The summed E-state index contributed by atoms with van der Waals surface area (Å²) in [5.41, 5.74) is 1.56. The van der Waals surface area contributed by atoms with E-state index in [0.717, 1.165) is 31.7 Å². The number of carbonyl (C=O) groups excluding carboxylic acids is 1. The Morgan fingerprint density at radius 3 is 2.65 bits per heavy atom. The van der Waals surface area contributed by atoms with Crippen molar-refractivity contribution in [3.05, 3.63) is 66.0 Å². The normalized spacial score (nSPS) is 18.6. The highest BCUT2D eigenvalue weighted by atomic mass is 19.1. The summed E-state index contributed by atoms with van der Waals surface area (Å²) < 4.78 is 18.7. The Kier molecular flexibility index (Phi) is 6.36. The molecule has 0 bridgehead atoms. The number of likely N-dealkylation sites (tertiary alicyclic amines) is 1. The van der Waals surface area contributed by atoms with Crippen molar-refractivity contribution in [3.8, 4) is 0 Å². The first-order valence-corrected chi connectivity index (χ1v) is 9.10. The molecule has 5 heteroatoms. The first kappa shape index (κ1) is 18.5. The van der Waals surface area contributed by atoms with E-state index in [2.05, 4.69) is 10.2 Å². The quantitative estimate of drug-likeness (QED) is 0.819. The summed E-state index contributed by atoms with van der Waals surface area (Å²) in [7, 11) is 0. The first-order valence-electron chi connectivity index (χ1n) is 9.10. The van der Waals surface area contributed by atoms with Gasteiger partial charge in [-0.25, -0.2) is 4.39 Å². The number of amides is 1. The molecule has 0 aliphatic carbocycles. The average Bonchev–Trinajstić information content (AvgIpc) is 3.11. The summed E-state index contributed by atoms with van der Waals surface area (Å²) in [5.74, 6) is 0.0283. The second-order valence-electron chi connectivity index (χ2n) is 6.62. The van der Waals surface area contributed by atoms with Crippen LogP contribution < -0.4 is 5.32 Å². The summed E-state index contributed by atoms with van der Waals surface area (Å²) in [6.07, 6.45) is 1.02. The standard InChI is InChI=1S/C21H25FN2O2/c1-2-26-15-16-12-13-24(14-16)20(17-6-4-3-5-7-17)21(25)23-19-10-8-18(22)9-11-19/h3-11,16,20H,2,12-15H2,1H3,(H,23,25)/t16-,20+/m0/s1. The van der Waals surface area contributed by atoms with Gasteiger partial charge in [0.2, 0.25) is 5.91 Å². The Morgan fingerprint density at radius 2 is 1.96 bits per heavy atom. The number of hydrogen-bond donors (Lipinski definition) is 1. The van der Waals surface area contributed by atoms with Crippen LogP contribution in [0.5, 0.6) is 0 Å². The van der Waals surface area contributed by atoms with Crippen LogP contribution in [0.1, 0.15) is 24.9 Å². The van der Waals surface area contributed by atoms with Crippen molar-refractivity contribution in [2.45, 2.75) is 19.4 Å². The van der Waals surface area contributed by atoms with E-state index in [0.29, 0.717) is 18.2 Å². The molecule has 1 fully saturated rings. The van der Waals surface area contributed by atoms with Gasteiger partial charge in [0.05, 0.1) is 6.61 Å². The van der Waals surface area contributed by atoms with Gasteiger partial charge in [-0.3, -0.25) is 9.69 Å². The molecule has 1 heterocycles. The molecule has 1 aliphatic heterocycles. The van der Waals surface area contributed by atoms with Gasteiger partial charge in [0, 0.05) is 18.8 Å². The molecule has 0 saturated carbocycles. The zero-order valence-electron chi connectivity index (χ0n) is 15.0. The molecule has 1 saturated heterocycles. The van der Waals surface area contributed by atoms with Gasteiger partial charge >= 0.3 is 0 Å². The third kappa shape index (κ3) is 4.68. The second-order valence-corrected chi connectivity index (χ2v) is 6.62. The molecule has 1 amide bonds. The number of nitrogens with one attached hydrogen (secondary N) is 1. The molecular weight excluding hydrogens is 331 g/mol. The molecule has 26 heavy (non-hydrogen) atoms. The third-order valence-electron chi connectivity index (χ3n) is 4.72. The maximum absolute atomic E-state index is 13.1. The molecule has 2 aromatic rings. The molecule has 138 valence electrons. The molecule has 1 aliphatic rings. The van der Waals surface area contributed by atoms with E-state index in [-0.39, 0.29) is 17.8 Å². The van der Waals surface area contributed by atoms with E-state index in [1.54, 1.807) is 12.1 Å². The van der Waals surface area contributed by atoms with Gasteiger partial charge in [-0.05, 0) is 55.6 Å². The summed E-state index contributed by atoms with van der Waals surface area (Å²) in [5, 5.41) is 2.92. The van der Waals surface area contributed by atoms with Crippen molar-refractivity contribution in [2.24, 2.45) is 5.92 Å². The lowest BCUT2D eigenvalue weighted by Crippen LogP contribution is -2.36. The third-order valence-corrected chi connectivity index (χ3v) is 4.72. The van der Waals surface area contributed by atoms with E-state index in [1.807, 2.05) is 37.3 Å². The van der Waals surface area contributed by atoms with Crippen molar-refractivity contribution in [1.29, 1.82) is 0 Å². The fourth-order valence-electron chi connectivity index (χ4n) is 3.42. The molecule has 2 aromatic carbocycles. The second kappa shape index (κ2) is 8.92. The van der Waals surface area contributed by atoms with Crippen molar-refractivity contribution >= 4 is 11.6 Å². The van der Waals surface area contributed by atoms with Crippen LogP contribution in [0, 0.1) is 11.7 Å². The lowest BCUT2D eigenvalue weighted by molar-refractivity contribution is -0.121. The van der Waals surface area contributed by atoms with Crippen molar-refractivity contribution in [3.63, 3.8) is 0 Å². The number of carbonyl (C=O) groups is 1. The lowest BCUT2D eigenvalue weighted by atomic mass is 10.0. The van der Waals surface area contributed by atoms with Crippen molar-refractivity contribution in [2.75, 3.05) is 31.6 Å². The predicted molar refractivity (Wildman–Crippen MR) is 100 cm³/mol. The van der Waals surface area contributed by atoms with Gasteiger partial charge in [0.15, 0.2) is 0 Å². The Balaban J connectivity index is 1.75. The molecule has 0 radical (unpaired) electrons. The van der Waals surface area contributed by atoms with Gasteiger partial charge in [-0.15, -0.1) is 0 Å².